The van der Waals surface area contributed by atoms with E-state index in [-0.39, 0.29) is 35.7 Å². The number of alkyl halides is 6. The lowest BCUT2D eigenvalue weighted by Crippen LogP contribution is -2.24. The maximum Gasteiger partial charge on any atom is 0.436 e. The smallest absolute Gasteiger partial charge is 0.436 e. The van der Waals surface area contributed by atoms with Crippen molar-refractivity contribution >= 4 is 16.9 Å². The van der Waals surface area contributed by atoms with Crippen LogP contribution in [0.5, 0.6) is 11.6 Å². The molecule has 0 atom stereocenters. The van der Waals surface area contributed by atoms with Gasteiger partial charge in [0.05, 0.1) is 22.2 Å². The van der Waals surface area contributed by atoms with Crippen LogP contribution in [0.1, 0.15) is 21.6 Å². The van der Waals surface area contributed by atoms with Gasteiger partial charge in [0.25, 0.3) is 5.91 Å². The van der Waals surface area contributed by atoms with Crippen molar-refractivity contribution in [3.8, 4) is 23.0 Å². The normalized spacial score (nSPS) is 14.2. The fourth-order valence-electron chi connectivity index (χ4n) is 4.03. The van der Waals surface area contributed by atoms with E-state index in [1.54, 1.807) is 12.1 Å². The van der Waals surface area contributed by atoms with Crippen LogP contribution in [-0.4, -0.2) is 31.8 Å². The van der Waals surface area contributed by atoms with Crippen LogP contribution >= 0.6 is 0 Å². The number of halogens is 6. The van der Waals surface area contributed by atoms with Gasteiger partial charge in [-0.1, -0.05) is 12.1 Å². The van der Waals surface area contributed by atoms with E-state index in [2.05, 4.69) is 15.4 Å². The van der Waals surface area contributed by atoms with Gasteiger partial charge in [-0.25, -0.2) is 9.67 Å². The number of hydrogen-bond acceptors (Lipinski definition) is 4. The summed E-state index contributed by atoms with van der Waals surface area (Å²) in [7, 11) is 1.18. The minimum atomic E-state index is -4.93. The summed E-state index contributed by atoms with van der Waals surface area (Å²) in [6.45, 7) is 0.223. The number of ether oxygens (including phenoxy) is 1. The number of hydrogen-bond donors (Lipinski definition) is 1. The minimum Gasteiger partial charge on any atom is -0.438 e. The van der Waals surface area contributed by atoms with E-state index in [1.807, 2.05) is 0 Å². The average Bonchev–Trinajstić information content (AvgIpc) is 3.24. The van der Waals surface area contributed by atoms with Gasteiger partial charge >= 0.3 is 12.4 Å². The SMILES string of the molecule is Cn1nc(C(F)(F)F)c(-c2nc3cccc4c3n2CCNC4=O)c1Oc1cccc(C(F)(F)F)c1. The van der Waals surface area contributed by atoms with E-state index in [0.717, 1.165) is 16.8 Å². The summed E-state index contributed by atoms with van der Waals surface area (Å²) in [6.07, 6.45) is -9.60. The Labute approximate surface area is 192 Å². The second-order valence-corrected chi connectivity index (χ2v) is 7.79. The molecule has 0 saturated carbocycles. The quantitative estimate of drug-likeness (QED) is 0.406. The first-order chi connectivity index (χ1) is 16.4. The van der Waals surface area contributed by atoms with Crippen LogP contribution in [0, 0.1) is 0 Å². The first kappa shape index (κ1) is 22.7. The highest BCUT2D eigenvalue weighted by Crippen LogP contribution is 2.44. The number of para-hydroxylation sites is 1. The van der Waals surface area contributed by atoms with Gasteiger partial charge in [-0.3, -0.25) is 4.79 Å². The molecule has 0 spiro atoms. The third kappa shape index (κ3) is 3.86. The Bertz CT molecular complexity index is 1470. The predicted octanol–water partition coefficient (Wildman–Crippen LogP) is 5.01. The Balaban J connectivity index is 1.75. The molecule has 1 aliphatic rings. The Morgan fingerprint density at radius 3 is 2.49 bits per heavy atom. The van der Waals surface area contributed by atoms with Crippen molar-refractivity contribution < 1.29 is 35.9 Å². The Morgan fingerprint density at radius 2 is 1.77 bits per heavy atom. The van der Waals surface area contributed by atoms with Crippen LogP contribution in [0.4, 0.5) is 26.3 Å². The number of aromatic nitrogens is 4. The molecule has 0 aliphatic carbocycles. The summed E-state index contributed by atoms with van der Waals surface area (Å²) in [5, 5.41) is 6.23. The van der Waals surface area contributed by atoms with E-state index in [1.165, 1.54) is 23.7 Å². The number of nitrogens with zero attached hydrogens (tertiary/aromatic N) is 4. The zero-order valence-corrected chi connectivity index (χ0v) is 17.8. The van der Waals surface area contributed by atoms with Gasteiger partial charge in [-0.05, 0) is 30.3 Å². The second-order valence-electron chi connectivity index (χ2n) is 7.79. The van der Waals surface area contributed by atoms with Crippen molar-refractivity contribution in [2.24, 2.45) is 7.05 Å². The number of aryl methyl sites for hydroxylation is 1. The molecule has 3 heterocycles. The predicted molar refractivity (Wildman–Crippen MR) is 111 cm³/mol. The maximum absolute atomic E-state index is 14.0. The van der Waals surface area contributed by atoms with Crippen LogP contribution < -0.4 is 10.1 Å². The fourth-order valence-corrected chi connectivity index (χ4v) is 4.03. The number of carbonyl (C=O) groups excluding carboxylic acids is 1. The zero-order valence-electron chi connectivity index (χ0n) is 17.8. The van der Waals surface area contributed by atoms with Crippen LogP contribution in [0.3, 0.4) is 0 Å². The fraction of sp³-hybridized carbons (Fsp3) is 0.227. The maximum atomic E-state index is 14.0. The molecule has 1 amide bonds. The van der Waals surface area contributed by atoms with Crippen LogP contribution in [0.25, 0.3) is 22.4 Å². The van der Waals surface area contributed by atoms with Gasteiger partial charge in [0.15, 0.2) is 5.69 Å². The van der Waals surface area contributed by atoms with Gasteiger partial charge in [-0.2, -0.15) is 31.4 Å². The molecule has 0 fully saturated rings. The molecule has 1 N–H and O–H groups in total. The highest BCUT2D eigenvalue weighted by atomic mass is 19.4. The van der Waals surface area contributed by atoms with E-state index < -0.39 is 41.0 Å². The molecular weight excluding hydrogens is 480 g/mol. The Kier molecular flexibility index (Phi) is 5.04. The van der Waals surface area contributed by atoms with Crippen molar-refractivity contribution in [3.05, 3.63) is 59.3 Å². The number of imidazole rings is 1. The standard InChI is InChI=1S/C22H15F6N5O2/c1-32-20(35-12-5-2-4-11(10-12)21(23,24)25)15(17(31-32)22(26,27)28)18-30-14-7-3-6-13-16(14)33(18)9-8-29-19(13)34/h2-7,10H,8-9H2,1H3,(H,29,34). The van der Waals surface area contributed by atoms with Gasteiger partial charge in [0, 0.05) is 20.1 Å². The highest BCUT2D eigenvalue weighted by molar-refractivity contribution is 6.06. The lowest BCUT2D eigenvalue weighted by molar-refractivity contribution is -0.141. The average molecular weight is 495 g/mol. The summed E-state index contributed by atoms with van der Waals surface area (Å²) >= 11 is 0. The first-order valence-electron chi connectivity index (χ1n) is 10.2. The zero-order chi connectivity index (χ0) is 25.1. The van der Waals surface area contributed by atoms with E-state index in [4.69, 9.17) is 4.74 Å². The molecule has 13 heteroatoms. The molecule has 2 aromatic carbocycles. The molecule has 0 unspecified atom stereocenters. The van der Waals surface area contributed by atoms with Gasteiger partial charge < -0.3 is 14.6 Å². The molecule has 0 bridgehead atoms. The van der Waals surface area contributed by atoms with Crippen LogP contribution in [0.2, 0.25) is 0 Å². The second kappa shape index (κ2) is 7.75. The molecule has 5 rings (SSSR count). The number of amides is 1. The van der Waals surface area contributed by atoms with E-state index in [0.29, 0.717) is 11.6 Å². The summed E-state index contributed by atoms with van der Waals surface area (Å²) in [5.74, 6) is -1.36. The van der Waals surface area contributed by atoms with Crippen molar-refractivity contribution in [3.63, 3.8) is 0 Å². The minimum absolute atomic E-state index is 0.101. The van der Waals surface area contributed by atoms with Gasteiger partial charge in [0.1, 0.15) is 17.1 Å². The third-order valence-corrected chi connectivity index (χ3v) is 5.49. The van der Waals surface area contributed by atoms with Crippen molar-refractivity contribution in [1.82, 2.24) is 24.6 Å². The van der Waals surface area contributed by atoms with Crippen molar-refractivity contribution in [1.29, 1.82) is 0 Å². The molecule has 0 radical (unpaired) electrons. The number of nitrogens with one attached hydrogen (secondary N) is 1. The molecule has 35 heavy (non-hydrogen) atoms. The monoisotopic (exact) mass is 495 g/mol. The lowest BCUT2D eigenvalue weighted by Gasteiger charge is -2.13. The largest absolute Gasteiger partial charge is 0.438 e. The summed E-state index contributed by atoms with van der Waals surface area (Å²) in [4.78, 5) is 16.8. The molecule has 2 aromatic heterocycles. The van der Waals surface area contributed by atoms with Crippen molar-refractivity contribution in [2.45, 2.75) is 18.9 Å². The topological polar surface area (TPSA) is 74.0 Å². The summed E-state index contributed by atoms with van der Waals surface area (Å²) in [6, 6.07) is 8.41. The van der Waals surface area contributed by atoms with Crippen LogP contribution in [0.15, 0.2) is 42.5 Å². The molecule has 182 valence electrons. The number of benzene rings is 2. The Hall–Kier alpha value is -4.03. The third-order valence-electron chi connectivity index (χ3n) is 5.49. The lowest BCUT2D eigenvalue weighted by atomic mass is 10.1. The molecule has 4 aromatic rings. The van der Waals surface area contributed by atoms with Gasteiger partial charge in [0.2, 0.25) is 5.88 Å². The Morgan fingerprint density at radius 1 is 1.03 bits per heavy atom. The first-order valence-corrected chi connectivity index (χ1v) is 10.2. The molecule has 7 nitrogen and oxygen atoms in total. The van der Waals surface area contributed by atoms with E-state index >= 15 is 0 Å². The summed E-state index contributed by atoms with van der Waals surface area (Å²) in [5.41, 5.74) is -2.05. The van der Waals surface area contributed by atoms with Crippen molar-refractivity contribution in [2.75, 3.05) is 6.54 Å². The summed E-state index contributed by atoms with van der Waals surface area (Å²) < 4.78 is 89.4. The van der Waals surface area contributed by atoms with Gasteiger partial charge in [-0.15, -0.1) is 0 Å². The molecule has 0 saturated heterocycles. The van der Waals surface area contributed by atoms with E-state index in [9.17, 15) is 31.1 Å². The highest BCUT2D eigenvalue weighted by Gasteiger charge is 2.42. The molecular formula is C22H15F6N5O2. The van der Waals surface area contributed by atoms with Crippen LogP contribution in [-0.2, 0) is 25.9 Å². The molecule has 1 aliphatic heterocycles. The number of rotatable bonds is 3. The number of carbonyl (C=O) groups is 1.